The van der Waals surface area contributed by atoms with E-state index in [9.17, 15) is 0 Å². The number of hydrogen-bond acceptors (Lipinski definition) is 6. The molecule has 6 nitrogen and oxygen atoms in total. The molecule has 28 heavy (non-hydrogen) atoms. The molecule has 0 atom stereocenters. The molecule has 0 radical (unpaired) electrons. The predicted octanol–water partition coefficient (Wildman–Crippen LogP) is 4.23. The molecule has 0 unspecified atom stereocenters. The summed E-state index contributed by atoms with van der Waals surface area (Å²) >= 11 is 0. The van der Waals surface area contributed by atoms with Crippen LogP contribution in [0.25, 0.3) is 0 Å². The Labute approximate surface area is 164 Å². The molecule has 0 aliphatic rings. The van der Waals surface area contributed by atoms with E-state index in [0.29, 0.717) is 34.5 Å². The predicted molar refractivity (Wildman–Crippen MR) is 107 cm³/mol. The highest BCUT2D eigenvalue weighted by atomic mass is 16.7. The summed E-state index contributed by atoms with van der Waals surface area (Å²) in [5.41, 5.74) is 0. The van der Waals surface area contributed by atoms with Gasteiger partial charge in [0.05, 0.1) is 21.3 Å². The van der Waals surface area contributed by atoms with Crippen molar-refractivity contribution in [2.45, 2.75) is 0 Å². The van der Waals surface area contributed by atoms with Gasteiger partial charge in [-0.1, -0.05) is 36.4 Å². The van der Waals surface area contributed by atoms with E-state index in [-0.39, 0.29) is 0 Å². The number of para-hydroxylation sites is 6. The number of benzene rings is 3. The first kappa shape index (κ1) is 19.3. The number of methoxy groups -OCH3 is 3. The molecular weight excluding hydrogens is 359 g/mol. The summed E-state index contributed by atoms with van der Waals surface area (Å²) in [6.07, 6.45) is 0. The van der Waals surface area contributed by atoms with Crippen LogP contribution < -0.4 is 28.2 Å². The minimum absolute atomic E-state index is 0.472. The first-order valence-corrected chi connectivity index (χ1v) is 8.64. The Bertz CT molecular complexity index is 784. The van der Waals surface area contributed by atoms with Gasteiger partial charge in [-0.05, 0) is 36.4 Å². The molecule has 3 aromatic carbocycles. The molecule has 7 heteroatoms. The summed E-state index contributed by atoms with van der Waals surface area (Å²) < 4.78 is 33.9. The van der Waals surface area contributed by atoms with Crippen LogP contribution in [0.2, 0.25) is 0 Å². The highest BCUT2D eigenvalue weighted by Crippen LogP contribution is 2.32. The van der Waals surface area contributed by atoms with Crippen molar-refractivity contribution in [3.8, 4) is 34.5 Å². The van der Waals surface area contributed by atoms with Crippen LogP contribution in [0.15, 0.2) is 72.8 Å². The maximum atomic E-state index is 5.96. The zero-order valence-electron chi connectivity index (χ0n) is 16.0. The molecule has 0 fully saturated rings. The van der Waals surface area contributed by atoms with Crippen LogP contribution in [0.4, 0.5) is 0 Å². The van der Waals surface area contributed by atoms with Crippen LogP contribution in [0.1, 0.15) is 0 Å². The lowest BCUT2D eigenvalue weighted by molar-refractivity contribution is 0.281. The van der Waals surface area contributed by atoms with Crippen molar-refractivity contribution >= 4 is 7.32 Å². The van der Waals surface area contributed by atoms with Gasteiger partial charge in [-0.3, -0.25) is 0 Å². The van der Waals surface area contributed by atoms with Gasteiger partial charge in [0.25, 0.3) is 0 Å². The third-order valence-corrected chi connectivity index (χ3v) is 3.88. The number of rotatable bonds is 9. The van der Waals surface area contributed by atoms with Crippen LogP contribution in [0, 0.1) is 0 Å². The highest BCUT2D eigenvalue weighted by molar-refractivity contribution is 6.39. The average molecular weight is 380 g/mol. The molecule has 0 saturated heterocycles. The minimum Gasteiger partial charge on any atom is -0.493 e. The summed E-state index contributed by atoms with van der Waals surface area (Å²) in [6.45, 7) is 0. The van der Waals surface area contributed by atoms with Gasteiger partial charge in [0.1, 0.15) is 17.2 Å². The van der Waals surface area contributed by atoms with Gasteiger partial charge in [-0.15, -0.1) is 0 Å². The molecule has 0 spiro atoms. The Morgan fingerprint density at radius 3 is 0.929 bits per heavy atom. The quantitative estimate of drug-likeness (QED) is 0.518. The fraction of sp³-hybridized carbons (Fsp3) is 0.143. The second-order valence-electron chi connectivity index (χ2n) is 5.59. The maximum Gasteiger partial charge on any atom is 0.864 e. The molecule has 3 rings (SSSR count). The van der Waals surface area contributed by atoms with Crippen molar-refractivity contribution in [2.75, 3.05) is 21.3 Å². The maximum absolute atomic E-state index is 5.96. The summed E-state index contributed by atoms with van der Waals surface area (Å²) in [6, 6.07) is 21.7. The highest BCUT2D eigenvalue weighted by Gasteiger charge is 2.33. The zero-order valence-corrected chi connectivity index (χ0v) is 16.0. The Hall–Kier alpha value is -3.48. The minimum atomic E-state index is -1.12. The zero-order chi connectivity index (χ0) is 19.8. The summed E-state index contributed by atoms with van der Waals surface area (Å²) in [4.78, 5) is 0. The first-order valence-electron chi connectivity index (χ1n) is 8.64. The SMILES string of the molecule is COc1ccccc1OB(Oc1ccccc1OC)Oc1ccccc1OC. The largest absolute Gasteiger partial charge is 0.864 e. The molecule has 144 valence electrons. The van der Waals surface area contributed by atoms with Gasteiger partial charge in [0, 0.05) is 0 Å². The van der Waals surface area contributed by atoms with Crippen molar-refractivity contribution in [3.05, 3.63) is 72.8 Å². The second kappa shape index (κ2) is 9.46. The number of hydrogen-bond donors (Lipinski definition) is 0. The van der Waals surface area contributed by atoms with Gasteiger partial charge < -0.3 is 28.2 Å². The summed E-state index contributed by atoms with van der Waals surface area (Å²) in [5, 5.41) is 0. The van der Waals surface area contributed by atoms with Gasteiger partial charge in [0.15, 0.2) is 17.2 Å². The smallest absolute Gasteiger partial charge is 0.493 e. The van der Waals surface area contributed by atoms with E-state index in [2.05, 4.69) is 0 Å². The molecule has 0 aliphatic heterocycles. The fourth-order valence-corrected chi connectivity index (χ4v) is 2.53. The van der Waals surface area contributed by atoms with Crippen LogP contribution in [-0.2, 0) is 0 Å². The Morgan fingerprint density at radius 1 is 0.429 bits per heavy atom. The van der Waals surface area contributed by atoms with Crippen molar-refractivity contribution in [1.82, 2.24) is 0 Å². The topological polar surface area (TPSA) is 55.4 Å². The molecule has 0 aliphatic carbocycles. The standard InChI is InChI=1S/C21H21BO6/c1-23-16-10-4-7-13-19(16)26-22(27-20-14-8-5-11-17(20)24-2)28-21-15-9-6-12-18(21)25-3/h4-15H,1-3H3. The molecule has 0 N–H and O–H groups in total. The van der Waals surface area contributed by atoms with Crippen LogP contribution in [-0.4, -0.2) is 28.7 Å². The lowest BCUT2D eigenvalue weighted by atomic mass is 10.1. The van der Waals surface area contributed by atoms with E-state index in [1.165, 1.54) is 0 Å². The normalized spacial score (nSPS) is 9.96. The molecule has 0 saturated carbocycles. The third-order valence-electron chi connectivity index (χ3n) is 3.88. The number of ether oxygens (including phenoxy) is 3. The van der Waals surface area contributed by atoms with E-state index >= 15 is 0 Å². The van der Waals surface area contributed by atoms with E-state index < -0.39 is 7.32 Å². The molecule has 0 heterocycles. The molecule has 3 aromatic rings. The molecular formula is C21H21BO6. The van der Waals surface area contributed by atoms with Crippen LogP contribution in [0.5, 0.6) is 34.5 Å². The summed E-state index contributed by atoms with van der Waals surface area (Å²) in [5.74, 6) is 3.08. The van der Waals surface area contributed by atoms with Crippen molar-refractivity contribution in [1.29, 1.82) is 0 Å². The third kappa shape index (κ3) is 4.62. The van der Waals surface area contributed by atoms with Crippen LogP contribution >= 0.6 is 0 Å². The van der Waals surface area contributed by atoms with Gasteiger partial charge in [0.2, 0.25) is 0 Å². The lowest BCUT2D eigenvalue weighted by Crippen LogP contribution is -2.37. The van der Waals surface area contributed by atoms with Crippen molar-refractivity contribution < 1.29 is 28.2 Å². The second-order valence-corrected chi connectivity index (χ2v) is 5.59. The Morgan fingerprint density at radius 2 is 0.679 bits per heavy atom. The molecule has 0 aromatic heterocycles. The Kier molecular flexibility index (Phi) is 6.52. The van der Waals surface area contributed by atoms with E-state index in [1.807, 2.05) is 36.4 Å². The molecule has 0 bridgehead atoms. The van der Waals surface area contributed by atoms with Gasteiger partial charge in [-0.25, -0.2) is 0 Å². The van der Waals surface area contributed by atoms with E-state index in [1.54, 1.807) is 57.7 Å². The lowest BCUT2D eigenvalue weighted by Gasteiger charge is -2.19. The fourth-order valence-electron chi connectivity index (χ4n) is 2.53. The van der Waals surface area contributed by atoms with Gasteiger partial charge in [-0.2, -0.15) is 0 Å². The van der Waals surface area contributed by atoms with Crippen LogP contribution in [0.3, 0.4) is 0 Å². The van der Waals surface area contributed by atoms with Crippen molar-refractivity contribution in [2.24, 2.45) is 0 Å². The summed E-state index contributed by atoms with van der Waals surface area (Å²) in [7, 11) is 3.59. The van der Waals surface area contributed by atoms with E-state index in [4.69, 9.17) is 28.2 Å². The van der Waals surface area contributed by atoms with Crippen molar-refractivity contribution in [3.63, 3.8) is 0 Å². The van der Waals surface area contributed by atoms with Gasteiger partial charge >= 0.3 is 7.32 Å². The molecule has 0 amide bonds. The first-order chi connectivity index (χ1) is 13.7. The average Bonchev–Trinajstić information content (AvgIpc) is 2.75. The monoisotopic (exact) mass is 380 g/mol. The van der Waals surface area contributed by atoms with E-state index in [0.717, 1.165) is 0 Å². The Balaban J connectivity index is 1.91.